The summed E-state index contributed by atoms with van der Waals surface area (Å²) in [6.45, 7) is 5.67. The van der Waals surface area contributed by atoms with E-state index in [-0.39, 0.29) is 18.6 Å². The molecule has 154 valence electrons. The van der Waals surface area contributed by atoms with Crippen molar-refractivity contribution >= 4 is 11.7 Å². The number of benzene rings is 1. The fourth-order valence-electron chi connectivity index (χ4n) is 2.87. The number of hydrogen-bond acceptors (Lipinski definition) is 6. The number of halogens is 3. The van der Waals surface area contributed by atoms with Gasteiger partial charge in [-0.15, -0.1) is 5.10 Å². The second kappa shape index (κ2) is 8.06. The molecule has 0 unspecified atom stereocenters. The van der Waals surface area contributed by atoms with Crippen LogP contribution in [0.15, 0.2) is 24.3 Å². The average Bonchev–Trinajstić information content (AvgIpc) is 3.08. The first-order valence-corrected chi connectivity index (χ1v) is 8.92. The SMILES string of the molecule is CCOc1ccc(OC(=O)CCc2c(C)nc3nc(C(F)(F)F)nn3c2C)cc1. The van der Waals surface area contributed by atoms with E-state index in [1.807, 2.05) is 6.92 Å². The van der Waals surface area contributed by atoms with Crippen LogP contribution in [0.1, 0.15) is 36.1 Å². The van der Waals surface area contributed by atoms with Crippen molar-refractivity contribution in [3.63, 3.8) is 0 Å². The molecule has 0 saturated carbocycles. The zero-order valence-electron chi connectivity index (χ0n) is 16.1. The number of fused-ring (bicyclic) bond motifs is 1. The largest absolute Gasteiger partial charge is 0.494 e. The number of hydrogen-bond donors (Lipinski definition) is 0. The molecule has 10 heteroatoms. The molecule has 0 N–H and O–H groups in total. The lowest BCUT2D eigenvalue weighted by atomic mass is 10.1. The number of aryl methyl sites for hydroxylation is 2. The Labute approximate surface area is 164 Å². The molecule has 0 aliphatic heterocycles. The maximum Gasteiger partial charge on any atom is 0.453 e. The van der Waals surface area contributed by atoms with Crippen LogP contribution >= 0.6 is 0 Å². The second-order valence-electron chi connectivity index (χ2n) is 6.28. The summed E-state index contributed by atoms with van der Waals surface area (Å²) in [6.07, 6.45) is -4.38. The molecule has 1 aromatic carbocycles. The van der Waals surface area contributed by atoms with Crippen LogP contribution in [-0.4, -0.2) is 32.2 Å². The van der Waals surface area contributed by atoms with Crippen LogP contribution in [0.5, 0.6) is 11.5 Å². The highest BCUT2D eigenvalue weighted by atomic mass is 19.4. The normalized spacial score (nSPS) is 11.7. The lowest BCUT2D eigenvalue weighted by molar-refractivity contribution is -0.144. The summed E-state index contributed by atoms with van der Waals surface area (Å²) in [7, 11) is 0. The van der Waals surface area contributed by atoms with Gasteiger partial charge in [-0.25, -0.2) is 9.50 Å². The fraction of sp³-hybridized carbons (Fsp3) is 0.368. The first-order valence-electron chi connectivity index (χ1n) is 8.92. The standard InChI is InChI=1S/C19H19F3N4O3/c1-4-28-13-5-7-14(8-6-13)29-16(27)10-9-15-11(2)23-18-24-17(19(20,21)22)25-26(18)12(15)3/h5-8H,4,9-10H2,1-3H3. The van der Waals surface area contributed by atoms with E-state index in [0.717, 1.165) is 4.52 Å². The highest BCUT2D eigenvalue weighted by molar-refractivity contribution is 5.72. The van der Waals surface area contributed by atoms with Crippen molar-refractivity contribution in [3.8, 4) is 11.5 Å². The molecular formula is C19H19F3N4O3. The van der Waals surface area contributed by atoms with Crippen LogP contribution in [-0.2, 0) is 17.4 Å². The van der Waals surface area contributed by atoms with Gasteiger partial charge in [-0.1, -0.05) is 0 Å². The van der Waals surface area contributed by atoms with Gasteiger partial charge in [-0.2, -0.15) is 18.2 Å². The van der Waals surface area contributed by atoms with Crippen LogP contribution in [0.4, 0.5) is 13.2 Å². The van der Waals surface area contributed by atoms with E-state index in [0.29, 0.717) is 35.1 Å². The summed E-state index contributed by atoms with van der Waals surface area (Å²) in [4.78, 5) is 19.7. The Morgan fingerprint density at radius 2 is 1.76 bits per heavy atom. The van der Waals surface area contributed by atoms with Crippen molar-refractivity contribution in [2.24, 2.45) is 0 Å². The number of esters is 1. The van der Waals surface area contributed by atoms with Gasteiger partial charge in [0, 0.05) is 11.4 Å². The minimum atomic E-state index is -4.66. The molecule has 0 spiro atoms. The highest BCUT2D eigenvalue weighted by Gasteiger charge is 2.36. The van der Waals surface area contributed by atoms with Crippen molar-refractivity contribution in [1.29, 1.82) is 0 Å². The number of carbonyl (C=O) groups is 1. The predicted molar refractivity (Wildman–Crippen MR) is 96.8 cm³/mol. The molecule has 0 saturated heterocycles. The summed E-state index contributed by atoms with van der Waals surface area (Å²) in [5.74, 6) is -0.800. The lowest BCUT2D eigenvalue weighted by Crippen LogP contribution is -2.12. The van der Waals surface area contributed by atoms with Gasteiger partial charge in [-0.3, -0.25) is 4.79 Å². The number of nitrogens with zero attached hydrogens (tertiary/aromatic N) is 4. The number of alkyl halides is 3. The van der Waals surface area contributed by atoms with Crippen molar-refractivity contribution in [2.45, 2.75) is 39.8 Å². The van der Waals surface area contributed by atoms with E-state index in [1.165, 1.54) is 0 Å². The van der Waals surface area contributed by atoms with Crippen LogP contribution in [0.3, 0.4) is 0 Å². The third-order valence-corrected chi connectivity index (χ3v) is 4.25. The maximum atomic E-state index is 12.9. The predicted octanol–water partition coefficient (Wildman–Crippen LogP) is 3.70. The maximum absolute atomic E-state index is 12.9. The molecule has 0 aliphatic carbocycles. The molecule has 0 amide bonds. The van der Waals surface area contributed by atoms with Crippen molar-refractivity contribution in [1.82, 2.24) is 19.6 Å². The van der Waals surface area contributed by atoms with Gasteiger partial charge in [0.15, 0.2) is 0 Å². The van der Waals surface area contributed by atoms with Crippen LogP contribution < -0.4 is 9.47 Å². The Kier molecular flexibility index (Phi) is 5.71. The van der Waals surface area contributed by atoms with E-state index >= 15 is 0 Å². The van der Waals surface area contributed by atoms with Gasteiger partial charge in [0.2, 0.25) is 0 Å². The smallest absolute Gasteiger partial charge is 0.453 e. The van der Waals surface area contributed by atoms with Gasteiger partial charge >= 0.3 is 12.1 Å². The Morgan fingerprint density at radius 3 is 2.38 bits per heavy atom. The number of carbonyl (C=O) groups excluding carboxylic acids is 1. The first-order chi connectivity index (χ1) is 13.7. The summed E-state index contributed by atoms with van der Waals surface area (Å²) in [5.41, 5.74) is 1.56. The number of aromatic nitrogens is 4. The minimum Gasteiger partial charge on any atom is -0.494 e. The minimum absolute atomic E-state index is 0.0307. The Morgan fingerprint density at radius 1 is 1.10 bits per heavy atom. The monoisotopic (exact) mass is 408 g/mol. The molecule has 0 fully saturated rings. The van der Waals surface area contributed by atoms with Crippen LogP contribution in [0, 0.1) is 13.8 Å². The first kappa shape index (κ1) is 20.6. The molecular weight excluding hydrogens is 389 g/mol. The van der Waals surface area contributed by atoms with Crippen LogP contribution in [0.25, 0.3) is 5.78 Å². The third kappa shape index (κ3) is 4.64. The van der Waals surface area contributed by atoms with Gasteiger partial charge in [0.25, 0.3) is 11.6 Å². The zero-order valence-corrected chi connectivity index (χ0v) is 16.1. The van der Waals surface area contributed by atoms with E-state index in [1.54, 1.807) is 38.1 Å². The Hall–Kier alpha value is -3.17. The molecule has 0 atom stereocenters. The molecule has 3 rings (SSSR count). The molecule has 0 aliphatic rings. The topological polar surface area (TPSA) is 78.6 Å². The molecule has 3 aromatic rings. The molecule has 7 nitrogen and oxygen atoms in total. The van der Waals surface area contributed by atoms with Crippen molar-refractivity contribution in [2.75, 3.05) is 6.61 Å². The van der Waals surface area contributed by atoms with E-state index in [2.05, 4.69) is 15.1 Å². The third-order valence-electron chi connectivity index (χ3n) is 4.25. The van der Waals surface area contributed by atoms with E-state index < -0.39 is 18.0 Å². The molecule has 29 heavy (non-hydrogen) atoms. The molecule has 2 heterocycles. The van der Waals surface area contributed by atoms with Crippen LogP contribution in [0.2, 0.25) is 0 Å². The quantitative estimate of drug-likeness (QED) is 0.457. The van der Waals surface area contributed by atoms with Crippen molar-refractivity contribution in [3.05, 3.63) is 47.0 Å². The van der Waals surface area contributed by atoms with Crippen molar-refractivity contribution < 1.29 is 27.4 Å². The number of ether oxygens (including phenoxy) is 2. The fourth-order valence-corrected chi connectivity index (χ4v) is 2.87. The van der Waals surface area contributed by atoms with Gasteiger partial charge in [-0.05, 0) is 57.0 Å². The van der Waals surface area contributed by atoms with Gasteiger partial charge in [0.1, 0.15) is 11.5 Å². The second-order valence-corrected chi connectivity index (χ2v) is 6.28. The van der Waals surface area contributed by atoms with E-state index in [4.69, 9.17) is 9.47 Å². The summed E-state index contributed by atoms with van der Waals surface area (Å²) in [5, 5.41) is 3.49. The molecule has 2 aromatic heterocycles. The highest BCUT2D eigenvalue weighted by Crippen LogP contribution is 2.27. The van der Waals surface area contributed by atoms with E-state index in [9.17, 15) is 18.0 Å². The summed E-state index contributed by atoms with van der Waals surface area (Å²) >= 11 is 0. The summed E-state index contributed by atoms with van der Waals surface area (Å²) in [6, 6.07) is 6.64. The van der Waals surface area contributed by atoms with Gasteiger partial charge < -0.3 is 9.47 Å². The number of rotatable bonds is 6. The lowest BCUT2D eigenvalue weighted by Gasteiger charge is -2.10. The average molecular weight is 408 g/mol. The van der Waals surface area contributed by atoms with Gasteiger partial charge in [0.05, 0.1) is 13.0 Å². The molecule has 0 radical (unpaired) electrons. The Bertz CT molecular complexity index is 1030. The summed E-state index contributed by atoms with van der Waals surface area (Å²) < 4.78 is 50.2. The Balaban J connectivity index is 1.71. The molecule has 0 bridgehead atoms. The zero-order chi connectivity index (χ0) is 21.2.